The van der Waals surface area contributed by atoms with Crippen molar-refractivity contribution in [2.24, 2.45) is 0 Å². The van der Waals surface area contributed by atoms with Crippen LogP contribution < -0.4 is 10.5 Å². The summed E-state index contributed by atoms with van der Waals surface area (Å²) in [5.41, 5.74) is 10.0. The summed E-state index contributed by atoms with van der Waals surface area (Å²) in [7, 11) is 3.45. The number of esters is 1. The lowest BCUT2D eigenvalue weighted by molar-refractivity contribution is -0.143. The van der Waals surface area contributed by atoms with E-state index >= 15 is 0 Å². The number of pyridine rings is 1. The van der Waals surface area contributed by atoms with Crippen LogP contribution in [0.5, 0.6) is 5.75 Å². The molecular formula is C34H45N7O4. The number of hydrogen-bond donors (Lipinski definition) is 1. The number of methoxy groups -OCH3 is 1. The van der Waals surface area contributed by atoms with E-state index in [1.807, 2.05) is 47.4 Å². The molecule has 5 rings (SSSR count). The Balaban J connectivity index is 1.35. The van der Waals surface area contributed by atoms with Gasteiger partial charge >= 0.3 is 5.97 Å². The molecule has 1 fully saturated rings. The molecule has 4 aromatic rings. The highest BCUT2D eigenvalue weighted by molar-refractivity contribution is 6.06. The molecule has 0 radical (unpaired) electrons. The number of likely N-dealkylation sites (N-methyl/N-ethyl adjacent to an activating group) is 1. The number of nitrogen functional groups attached to an aromatic ring is 1. The molecule has 1 amide bonds. The molecule has 0 saturated carbocycles. The van der Waals surface area contributed by atoms with Crippen molar-refractivity contribution in [3.63, 3.8) is 0 Å². The number of piperazine rings is 1. The maximum atomic E-state index is 13.8. The Bertz CT molecular complexity index is 1600. The van der Waals surface area contributed by atoms with Gasteiger partial charge in [-0.2, -0.15) is 0 Å². The largest absolute Gasteiger partial charge is 0.482 e. The summed E-state index contributed by atoms with van der Waals surface area (Å²) in [6.45, 7) is 7.90. The molecule has 2 aromatic heterocycles. The second-order valence-corrected chi connectivity index (χ2v) is 11.8. The molecular weight excluding hydrogens is 570 g/mol. The number of benzene rings is 2. The van der Waals surface area contributed by atoms with Crippen LogP contribution >= 0.6 is 0 Å². The van der Waals surface area contributed by atoms with E-state index in [1.165, 1.54) is 7.11 Å². The molecule has 2 aromatic carbocycles. The van der Waals surface area contributed by atoms with E-state index in [4.69, 9.17) is 15.5 Å². The maximum absolute atomic E-state index is 13.8. The number of nitrogens with zero attached hydrogens (tertiary/aromatic N) is 6. The number of aryl methyl sites for hydroxylation is 2. The molecule has 11 heteroatoms. The summed E-state index contributed by atoms with van der Waals surface area (Å²) < 4.78 is 12.5. The Morgan fingerprint density at radius 1 is 1.00 bits per heavy atom. The lowest BCUT2D eigenvalue weighted by Gasteiger charge is -2.33. The molecule has 3 heterocycles. The number of unbranched alkanes of at least 4 members (excludes halogenated alkanes) is 1. The Kier molecular flexibility index (Phi) is 10.9. The molecule has 0 aliphatic carbocycles. The number of imidazole rings is 1. The van der Waals surface area contributed by atoms with Crippen molar-refractivity contribution in [3.05, 3.63) is 59.9 Å². The summed E-state index contributed by atoms with van der Waals surface area (Å²) in [6.07, 6.45) is 3.72. The van der Waals surface area contributed by atoms with Crippen molar-refractivity contribution < 1.29 is 19.1 Å². The molecule has 2 N–H and O–H groups in total. The van der Waals surface area contributed by atoms with Crippen LogP contribution in [0.2, 0.25) is 0 Å². The first-order valence-corrected chi connectivity index (χ1v) is 15.9. The smallest absolute Gasteiger partial charge is 0.343 e. The summed E-state index contributed by atoms with van der Waals surface area (Å²) in [5, 5.41) is 1.04. The predicted molar refractivity (Wildman–Crippen MR) is 176 cm³/mol. The Morgan fingerprint density at radius 3 is 2.49 bits per heavy atom. The van der Waals surface area contributed by atoms with E-state index < -0.39 is 5.97 Å². The van der Waals surface area contributed by atoms with E-state index in [2.05, 4.69) is 44.1 Å². The fourth-order valence-corrected chi connectivity index (χ4v) is 5.79. The average molecular weight is 616 g/mol. The monoisotopic (exact) mass is 615 g/mol. The third-order valence-electron chi connectivity index (χ3n) is 8.44. The molecule has 1 saturated heterocycles. The summed E-state index contributed by atoms with van der Waals surface area (Å²) in [4.78, 5) is 41.3. The molecule has 45 heavy (non-hydrogen) atoms. The topological polar surface area (TPSA) is 119 Å². The first-order chi connectivity index (χ1) is 21.9. The Morgan fingerprint density at radius 2 is 1.76 bits per heavy atom. The average Bonchev–Trinajstić information content (AvgIpc) is 3.42. The number of fused-ring (bicyclic) bond motifs is 3. The van der Waals surface area contributed by atoms with Gasteiger partial charge in [-0.05, 0) is 43.7 Å². The van der Waals surface area contributed by atoms with E-state index in [0.29, 0.717) is 37.7 Å². The number of carbonyl (C=O) groups excluding carboxylic acids is 2. The molecule has 0 spiro atoms. The minimum atomic E-state index is -0.435. The van der Waals surface area contributed by atoms with Crippen LogP contribution in [-0.4, -0.2) is 101 Å². The highest BCUT2D eigenvalue weighted by atomic mass is 16.6. The number of nitrogens with two attached hydrogens (primary N) is 1. The number of ether oxygens (including phenoxy) is 2. The second-order valence-electron chi connectivity index (χ2n) is 11.8. The normalized spacial score (nSPS) is 14.2. The zero-order valence-corrected chi connectivity index (χ0v) is 26.7. The van der Waals surface area contributed by atoms with Crippen LogP contribution in [0, 0.1) is 0 Å². The van der Waals surface area contributed by atoms with Crippen LogP contribution in [0.4, 0.5) is 5.82 Å². The standard InChI is InChI=1S/C34H45N7O4/c1-4-5-11-29-37-32-33(27-9-6-7-10-28(27)36-34(32)35)41(29)17-8-16-40(30(42)23-39-20-18-38(2)19-21-39)22-25-12-14-26(15-13-25)45-24-31(43)44-3/h6-7,9-10,12-15H,4-5,8,11,16-24H2,1-3H3,(H2,35,36). The molecule has 1 aliphatic heterocycles. The van der Waals surface area contributed by atoms with Gasteiger partial charge in [0.15, 0.2) is 12.4 Å². The van der Waals surface area contributed by atoms with Gasteiger partial charge in [-0.25, -0.2) is 14.8 Å². The molecule has 0 bridgehead atoms. The molecule has 0 atom stereocenters. The van der Waals surface area contributed by atoms with Gasteiger partial charge in [0, 0.05) is 57.6 Å². The SMILES string of the molecule is CCCCc1nc2c(N)nc3ccccc3c2n1CCCN(Cc1ccc(OCC(=O)OC)cc1)C(=O)CN1CCN(C)CC1. The molecule has 0 unspecified atom stereocenters. The van der Waals surface area contributed by atoms with Gasteiger partial charge in [0.2, 0.25) is 5.91 Å². The number of hydrogen-bond acceptors (Lipinski definition) is 9. The first-order valence-electron chi connectivity index (χ1n) is 15.9. The number of para-hydroxylation sites is 1. The Hall–Kier alpha value is -4.22. The van der Waals surface area contributed by atoms with Gasteiger partial charge in [-0.1, -0.05) is 43.7 Å². The number of aromatic nitrogens is 3. The van der Waals surface area contributed by atoms with E-state index in [1.54, 1.807) is 0 Å². The van der Waals surface area contributed by atoms with Gasteiger partial charge in [-0.3, -0.25) is 9.69 Å². The van der Waals surface area contributed by atoms with Gasteiger partial charge in [0.1, 0.15) is 17.1 Å². The van der Waals surface area contributed by atoms with Crippen LogP contribution in [0.15, 0.2) is 48.5 Å². The molecule has 1 aliphatic rings. The van der Waals surface area contributed by atoms with E-state index in [0.717, 1.165) is 85.2 Å². The minimum absolute atomic E-state index is 0.117. The van der Waals surface area contributed by atoms with Gasteiger partial charge in [0.25, 0.3) is 0 Å². The lowest BCUT2D eigenvalue weighted by Crippen LogP contribution is -2.49. The maximum Gasteiger partial charge on any atom is 0.343 e. The van der Waals surface area contributed by atoms with Crippen molar-refractivity contribution in [2.75, 3.05) is 65.8 Å². The third-order valence-corrected chi connectivity index (χ3v) is 8.44. The predicted octanol–water partition coefficient (Wildman–Crippen LogP) is 3.73. The summed E-state index contributed by atoms with van der Waals surface area (Å²) >= 11 is 0. The highest BCUT2D eigenvalue weighted by Gasteiger charge is 2.22. The molecule has 240 valence electrons. The van der Waals surface area contributed by atoms with E-state index in [-0.39, 0.29) is 12.5 Å². The number of carbonyl (C=O) groups is 2. The fraction of sp³-hybridized carbons (Fsp3) is 0.471. The van der Waals surface area contributed by atoms with Gasteiger partial charge in [-0.15, -0.1) is 0 Å². The van der Waals surface area contributed by atoms with E-state index in [9.17, 15) is 9.59 Å². The number of amides is 1. The second kappa shape index (κ2) is 15.2. The zero-order chi connectivity index (χ0) is 31.8. The van der Waals surface area contributed by atoms with Crippen molar-refractivity contribution in [2.45, 2.75) is 45.7 Å². The summed E-state index contributed by atoms with van der Waals surface area (Å²) in [6, 6.07) is 15.6. The number of rotatable bonds is 14. The fourth-order valence-electron chi connectivity index (χ4n) is 5.79. The Labute approximate surface area is 264 Å². The van der Waals surface area contributed by atoms with Crippen molar-refractivity contribution in [3.8, 4) is 5.75 Å². The number of anilines is 1. The lowest BCUT2D eigenvalue weighted by atomic mass is 10.1. The van der Waals surface area contributed by atoms with Crippen molar-refractivity contribution >= 4 is 39.6 Å². The quantitative estimate of drug-likeness (QED) is 0.212. The van der Waals surface area contributed by atoms with Crippen LogP contribution in [0.25, 0.3) is 21.9 Å². The molecule has 11 nitrogen and oxygen atoms in total. The van der Waals surface area contributed by atoms with Crippen LogP contribution in [0.3, 0.4) is 0 Å². The highest BCUT2D eigenvalue weighted by Crippen LogP contribution is 2.29. The van der Waals surface area contributed by atoms with Crippen LogP contribution in [-0.2, 0) is 33.8 Å². The van der Waals surface area contributed by atoms with Gasteiger partial charge < -0.3 is 29.6 Å². The van der Waals surface area contributed by atoms with Crippen molar-refractivity contribution in [1.29, 1.82) is 0 Å². The van der Waals surface area contributed by atoms with Crippen LogP contribution in [0.1, 0.15) is 37.6 Å². The van der Waals surface area contributed by atoms with Crippen molar-refractivity contribution in [1.82, 2.24) is 29.2 Å². The third kappa shape index (κ3) is 8.09. The summed E-state index contributed by atoms with van der Waals surface area (Å²) in [5.74, 6) is 1.71. The first kappa shape index (κ1) is 32.2. The minimum Gasteiger partial charge on any atom is -0.482 e. The zero-order valence-electron chi connectivity index (χ0n) is 26.7. The van der Waals surface area contributed by atoms with Gasteiger partial charge in [0.05, 0.1) is 24.7 Å².